The SMILES string of the molecule is O=C(OI(OC(=O)C12CC3CC(CC(O)(C3)C1)C2)c1ccccc1)C12CC3CC(CC(O)(C3)C1)C2. The molecule has 8 fully saturated rings. The van der Waals surface area contributed by atoms with E-state index in [0.717, 1.165) is 67.8 Å². The Kier molecular flexibility index (Phi) is 5.03. The Bertz CT molecular complexity index is 963. The zero-order valence-electron chi connectivity index (χ0n) is 20.1. The summed E-state index contributed by atoms with van der Waals surface area (Å²) in [7, 11) is 0. The number of halogens is 1. The van der Waals surface area contributed by atoms with Crippen LogP contribution in [-0.4, -0.2) is 33.4 Å². The molecule has 1 aromatic rings. The third-order valence-corrected chi connectivity index (χ3v) is 13.5. The molecule has 7 heteroatoms. The Morgan fingerprint density at radius 2 is 1.09 bits per heavy atom. The van der Waals surface area contributed by atoms with Gasteiger partial charge in [0, 0.05) is 0 Å². The van der Waals surface area contributed by atoms with E-state index in [1.807, 2.05) is 30.3 Å². The number of hydrogen-bond acceptors (Lipinski definition) is 6. The second kappa shape index (κ2) is 7.67. The zero-order valence-corrected chi connectivity index (χ0v) is 22.2. The van der Waals surface area contributed by atoms with E-state index in [1.54, 1.807) is 0 Å². The molecule has 6 nitrogen and oxygen atoms in total. The summed E-state index contributed by atoms with van der Waals surface area (Å²) in [5.41, 5.74) is -2.79. The van der Waals surface area contributed by atoms with E-state index < -0.39 is 42.7 Å². The Morgan fingerprint density at radius 1 is 0.686 bits per heavy atom. The molecule has 4 atom stereocenters. The van der Waals surface area contributed by atoms with Crippen LogP contribution in [0.1, 0.15) is 77.0 Å². The van der Waals surface area contributed by atoms with Gasteiger partial charge in [-0.3, -0.25) is 0 Å². The summed E-state index contributed by atoms with van der Waals surface area (Å²) >= 11 is -3.10. The van der Waals surface area contributed by atoms with E-state index in [4.69, 9.17) is 6.13 Å². The summed E-state index contributed by atoms with van der Waals surface area (Å²) in [4.78, 5) is 27.6. The molecular weight excluding hydrogens is 559 g/mol. The van der Waals surface area contributed by atoms with Crippen LogP contribution in [0, 0.1) is 38.1 Å². The van der Waals surface area contributed by atoms with Crippen molar-refractivity contribution >= 4 is 32.6 Å². The number of carbonyl (C=O) groups excluding carboxylic acids is 2. The van der Waals surface area contributed by atoms with Gasteiger partial charge < -0.3 is 0 Å². The van der Waals surface area contributed by atoms with Crippen molar-refractivity contribution in [2.45, 2.75) is 88.3 Å². The number of carbonyl (C=O) groups is 2. The molecule has 0 heterocycles. The topological polar surface area (TPSA) is 93.1 Å². The van der Waals surface area contributed by atoms with Gasteiger partial charge in [-0.15, -0.1) is 0 Å². The van der Waals surface area contributed by atoms with Gasteiger partial charge in [-0.05, 0) is 0 Å². The van der Waals surface area contributed by atoms with E-state index in [9.17, 15) is 19.8 Å². The number of hydrogen-bond donors (Lipinski definition) is 2. The average molecular weight is 594 g/mol. The van der Waals surface area contributed by atoms with Crippen LogP contribution in [0.4, 0.5) is 0 Å². The number of benzene rings is 1. The van der Waals surface area contributed by atoms with Crippen LogP contribution in [0.15, 0.2) is 30.3 Å². The molecule has 0 spiro atoms. The van der Waals surface area contributed by atoms with Crippen molar-refractivity contribution < 1.29 is 25.9 Å². The molecule has 35 heavy (non-hydrogen) atoms. The molecule has 4 unspecified atom stereocenters. The summed E-state index contributed by atoms with van der Waals surface area (Å²) in [6.07, 6.45) is 9.42. The predicted molar refractivity (Wildman–Crippen MR) is 135 cm³/mol. The van der Waals surface area contributed by atoms with Crippen molar-refractivity contribution in [3.05, 3.63) is 33.9 Å². The van der Waals surface area contributed by atoms with E-state index in [0.29, 0.717) is 36.5 Å². The molecule has 1 aromatic carbocycles. The van der Waals surface area contributed by atoms with Gasteiger partial charge in [0.25, 0.3) is 0 Å². The van der Waals surface area contributed by atoms with Crippen molar-refractivity contribution in [1.82, 2.24) is 0 Å². The predicted octanol–water partition coefficient (Wildman–Crippen LogP) is 4.94. The van der Waals surface area contributed by atoms with Gasteiger partial charge in [-0.1, -0.05) is 0 Å². The number of rotatable bonds is 5. The molecule has 0 saturated heterocycles. The molecule has 9 rings (SSSR count). The zero-order chi connectivity index (χ0) is 24.1. The first-order valence-corrected chi connectivity index (χ1v) is 16.2. The Balaban J connectivity index is 1.15. The van der Waals surface area contributed by atoms with Gasteiger partial charge in [0.2, 0.25) is 0 Å². The minimum atomic E-state index is -3.10. The van der Waals surface area contributed by atoms with Crippen molar-refractivity contribution in [2.24, 2.45) is 34.5 Å². The molecule has 8 bridgehead atoms. The molecule has 190 valence electrons. The van der Waals surface area contributed by atoms with Crippen LogP contribution >= 0.6 is 20.6 Å². The molecule has 8 aliphatic rings. The van der Waals surface area contributed by atoms with Crippen LogP contribution < -0.4 is 0 Å². The first kappa shape index (κ1) is 23.0. The molecule has 0 aliphatic heterocycles. The van der Waals surface area contributed by atoms with Crippen LogP contribution in [0.3, 0.4) is 0 Å². The van der Waals surface area contributed by atoms with Gasteiger partial charge in [-0.25, -0.2) is 0 Å². The molecule has 0 amide bonds. The third-order valence-electron chi connectivity index (χ3n) is 10.1. The molecular formula is C28H35IO6. The van der Waals surface area contributed by atoms with Crippen molar-refractivity contribution in [1.29, 1.82) is 0 Å². The normalized spacial score (nSPS) is 47.0. The second-order valence-corrected chi connectivity index (χ2v) is 16.5. The maximum absolute atomic E-state index is 13.8. The molecule has 2 N–H and O–H groups in total. The Morgan fingerprint density at radius 3 is 1.46 bits per heavy atom. The van der Waals surface area contributed by atoms with Crippen LogP contribution in [-0.2, 0) is 15.7 Å². The van der Waals surface area contributed by atoms with Gasteiger partial charge in [0.15, 0.2) is 0 Å². The Labute approximate surface area is 214 Å². The van der Waals surface area contributed by atoms with Crippen LogP contribution in [0.5, 0.6) is 0 Å². The molecule has 0 radical (unpaired) electrons. The quantitative estimate of drug-likeness (QED) is 0.470. The van der Waals surface area contributed by atoms with Crippen molar-refractivity contribution in [3.63, 3.8) is 0 Å². The van der Waals surface area contributed by atoms with Crippen molar-refractivity contribution in [2.75, 3.05) is 0 Å². The Hall–Kier alpha value is -1.19. The second-order valence-electron chi connectivity index (χ2n) is 13.2. The van der Waals surface area contributed by atoms with Crippen LogP contribution in [0.25, 0.3) is 0 Å². The summed E-state index contributed by atoms with van der Waals surface area (Å²) < 4.78 is 13.2. The van der Waals surface area contributed by atoms with Gasteiger partial charge in [0.1, 0.15) is 0 Å². The van der Waals surface area contributed by atoms with Crippen molar-refractivity contribution in [3.8, 4) is 0 Å². The van der Waals surface area contributed by atoms with Gasteiger partial charge >= 0.3 is 215 Å². The first-order chi connectivity index (χ1) is 16.7. The van der Waals surface area contributed by atoms with Crippen LogP contribution in [0.2, 0.25) is 0 Å². The van der Waals surface area contributed by atoms with E-state index in [1.165, 1.54) is 0 Å². The third kappa shape index (κ3) is 3.78. The average Bonchev–Trinajstić information content (AvgIpc) is 2.76. The summed E-state index contributed by atoms with van der Waals surface area (Å²) in [6.45, 7) is 0. The summed E-state index contributed by atoms with van der Waals surface area (Å²) in [5.74, 6) is 0.976. The maximum atomic E-state index is 13.8. The fourth-order valence-corrected chi connectivity index (χ4v) is 13.1. The molecule has 0 aromatic heterocycles. The standard InChI is InChI=1S/C28H35IO6/c30-23(25-8-18-6-19(9-25)13-27(32,12-18)16-25)34-29(22-4-2-1-3-5-22)35-24(31)26-10-20-7-21(11-26)15-28(33,14-20)17-26/h1-5,18-21,32-33H,6-17H2. The van der Waals surface area contributed by atoms with Gasteiger partial charge in [-0.2, -0.15) is 0 Å². The summed E-state index contributed by atoms with van der Waals surface area (Å²) in [6, 6.07) is 9.48. The fourth-order valence-electron chi connectivity index (χ4n) is 9.82. The minimum absolute atomic E-state index is 0.268. The fraction of sp³-hybridized carbons (Fsp3) is 0.714. The monoisotopic (exact) mass is 594 g/mol. The van der Waals surface area contributed by atoms with E-state index in [2.05, 4.69) is 0 Å². The van der Waals surface area contributed by atoms with Gasteiger partial charge in [0.05, 0.1) is 0 Å². The first-order valence-electron chi connectivity index (χ1n) is 13.3. The summed E-state index contributed by atoms with van der Waals surface area (Å²) in [5, 5.41) is 22.3. The number of aliphatic hydroxyl groups is 2. The van der Waals surface area contributed by atoms with E-state index >= 15 is 0 Å². The molecule has 8 aliphatic carbocycles. The molecule has 8 saturated carbocycles. The van der Waals surface area contributed by atoms with E-state index in [-0.39, 0.29) is 11.9 Å².